The summed E-state index contributed by atoms with van der Waals surface area (Å²) >= 11 is 0. The van der Waals surface area contributed by atoms with Crippen molar-refractivity contribution in [2.24, 2.45) is 0 Å². The number of amides is 3. The minimum atomic E-state index is -0.713. The molecular weight excluding hydrogens is 322 g/mol. The molecule has 2 saturated heterocycles. The van der Waals surface area contributed by atoms with Crippen LogP contribution in [0, 0.1) is 0 Å². The van der Waals surface area contributed by atoms with Crippen LogP contribution < -0.4 is 15.6 Å². The Hall–Kier alpha value is -2.61. The highest BCUT2D eigenvalue weighted by atomic mass is 16.2. The van der Waals surface area contributed by atoms with Gasteiger partial charge < -0.3 is 10.2 Å². The van der Waals surface area contributed by atoms with E-state index in [1.54, 1.807) is 0 Å². The molecular formula is C17H23N5O3. The number of anilines is 1. The van der Waals surface area contributed by atoms with Gasteiger partial charge in [-0.05, 0) is 32.9 Å². The van der Waals surface area contributed by atoms with E-state index >= 15 is 0 Å². The Kier molecular flexibility index (Phi) is 4.38. The summed E-state index contributed by atoms with van der Waals surface area (Å²) in [6, 6.07) is 9.65. The first-order valence-corrected chi connectivity index (χ1v) is 8.27. The SMILES string of the molecule is CC(C)(C)NC(=O)CN1NC2N(CCN2c2ccccc2)C(=O)C1=O. The molecule has 25 heavy (non-hydrogen) atoms. The summed E-state index contributed by atoms with van der Waals surface area (Å²) in [5.74, 6) is -1.63. The molecule has 0 saturated carbocycles. The first kappa shape index (κ1) is 17.2. The van der Waals surface area contributed by atoms with E-state index in [0.717, 1.165) is 10.7 Å². The summed E-state index contributed by atoms with van der Waals surface area (Å²) < 4.78 is 0. The molecule has 2 heterocycles. The second kappa shape index (κ2) is 6.36. The molecule has 0 aromatic heterocycles. The van der Waals surface area contributed by atoms with Crippen molar-refractivity contribution < 1.29 is 14.4 Å². The molecule has 1 aromatic carbocycles. The van der Waals surface area contributed by atoms with Gasteiger partial charge in [-0.1, -0.05) is 18.2 Å². The first-order valence-electron chi connectivity index (χ1n) is 8.27. The molecule has 0 spiro atoms. The van der Waals surface area contributed by atoms with Crippen LogP contribution in [-0.2, 0) is 14.4 Å². The molecule has 3 amide bonds. The second-order valence-electron chi connectivity index (χ2n) is 7.22. The van der Waals surface area contributed by atoms with Gasteiger partial charge in [-0.2, -0.15) is 5.43 Å². The molecule has 2 fully saturated rings. The van der Waals surface area contributed by atoms with Crippen LogP contribution >= 0.6 is 0 Å². The highest BCUT2D eigenvalue weighted by Crippen LogP contribution is 2.24. The third kappa shape index (κ3) is 3.58. The highest BCUT2D eigenvalue weighted by Gasteiger charge is 2.45. The average molecular weight is 345 g/mol. The van der Waals surface area contributed by atoms with Gasteiger partial charge in [0.05, 0.1) is 0 Å². The molecule has 2 aliphatic rings. The lowest BCUT2D eigenvalue weighted by atomic mass is 10.1. The molecule has 8 heteroatoms. The number of carbonyl (C=O) groups excluding carboxylic acids is 3. The fourth-order valence-corrected chi connectivity index (χ4v) is 3.03. The van der Waals surface area contributed by atoms with Crippen LogP contribution in [0.1, 0.15) is 20.8 Å². The van der Waals surface area contributed by atoms with Crippen molar-refractivity contribution in [1.29, 1.82) is 0 Å². The Morgan fingerprint density at radius 2 is 1.76 bits per heavy atom. The maximum Gasteiger partial charge on any atom is 0.326 e. The third-order valence-corrected chi connectivity index (χ3v) is 4.04. The van der Waals surface area contributed by atoms with Gasteiger partial charge in [0.2, 0.25) is 5.91 Å². The number of nitrogens with zero attached hydrogens (tertiary/aromatic N) is 3. The van der Waals surface area contributed by atoms with Gasteiger partial charge in [0.15, 0.2) is 6.29 Å². The lowest BCUT2D eigenvalue weighted by molar-refractivity contribution is -0.163. The van der Waals surface area contributed by atoms with Crippen molar-refractivity contribution in [1.82, 2.24) is 20.7 Å². The standard InChI is InChI=1S/C17H23N5O3/c1-17(2,3)18-13(23)11-22-15(25)14(24)21-10-9-20(16(21)19-22)12-7-5-4-6-8-12/h4-8,16,19H,9-11H2,1-3H3,(H,18,23). The van der Waals surface area contributed by atoms with Crippen LogP contribution in [0.5, 0.6) is 0 Å². The number of fused-ring (bicyclic) bond motifs is 1. The second-order valence-corrected chi connectivity index (χ2v) is 7.22. The van der Waals surface area contributed by atoms with Crippen molar-refractivity contribution in [3.63, 3.8) is 0 Å². The normalized spacial score (nSPS) is 20.8. The van der Waals surface area contributed by atoms with Gasteiger partial charge >= 0.3 is 11.8 Å². The zero-order valence-corrected chi connectivity index (χ0v) is 14.7. The van der Waals surface area contributed by atoms with Crippen LogP contribution in [-0.4, -0.2) is 59.1 Å². The van der Waals surface area contributed by atoms with Crippen molar-refractivity contribution >= 4 is 23.4 Å². The van der Waals surface area contributed by atoms with E-state index in [0.29, 0.717) is 13.1 Å². The average Bonchev–Trinajstić information content (AvgIpc) is 2.95. The largest absolute Gasteiger partial charge is 0.350 e. The van der Waals surface area contributed by atoms with Crippen molar-refractivity contribution in [2.75, 3.05) is 24.5 Å². The Morgan fingerprint density at radius 3 is 2.40 bits per heavy atom. The fourth-order valence-electron chi connectivity index (χ4n) is 3.03. The molecule has 2 aliphatic heterocycles. The van der Waals surface area contributed by atoms with Crippen LogP contribution in [0.3, 0.4) is 0 Å². The predicted octanol–water partition coefficient (Wildman–Crippen LogP) is -0.120. The number of hydrogen-bond donors (Lipinski definition) is 2. The van der Waals surface area contributed by atoms with Gasteiger partial charge in [0, 0.05) is 24.3 Å². The maximum absolute atomic E-state index is 12.4. The number of rotatable bonds is 3. The molecule has 2 N–H and O–H groups in total. The predicted molar refractivity (Wildman–Crippen MR) is 92.0 cm³/mol. The van der Waals surface area contributed by atoms with Crippen LogP contribution in [0.4, 0.5) is 5.69 Å². The lowest BCUT2D eigenvalue weighted by Crippen LogP contribution is -2.68. The highest BCUT2D eigenvalue weighted by molar-refractivity contribution is 6.35. The molecule has 3 rings (SSSR count). The molecule has 1 unspecified atom stereocenters. The zero-order chi connectivity index (χ0) is 18.2. The Balaban J connectivity index is 1.76. The van der Waals surface area contributed by atoms with Crippen molar-refractivity contribution in [3.8, 4) is 0 Å². The van der Waals surface area contributed by atoms with E-state index in [9.17, 15) is 14.4 Å². The molecule has 134 valence electrons. The minimum absolute atomic E-state index is 0.213. The molecule has 0 bridgehead atoms. The van der Waals surface area contributed by atoms with Gasteiger partial charge in [0.25, 0.3) is 0 Å². The van der Waals surface area contributed by atoms with E-state index in [1.165, 1.54) is 4.90 Å². The molecule has 0 aliphatic carbocycles. The summed E-state index contributed by atoms with van der Waals surface area (Å²) in [7, 11) is 0. The van der Waals surface area contributed by atoms with Gasteiger partial charge in [0.1, 0.15) is 6.54 Å². The smallest absolute Gasteiger partial charge is 0.326 e. The molecule has 0 radical (unpaired) electrons. The van der Waals surface area contributed by atoms with Gasteiger partial charge in [-0.15, -0.1) is 0 Å². The molecule has 1 atom stereocenters. The summed E-state index contributed by atoms with van der Waals surface area (Å²) in [6.45, 7) is 6.43. The van der Waals surface area contributed by atoms with Gasteiger partial charge in [-0.3, -0.25) is 24.3 Å². The van der Waals surface area contributed by atoms with Crippen LogP contribution in [0.15, 0.2) is 30.3 Å². The number of hydrazine groups is 1. The Morgan fingerprint density at radius 1 is 1.12 bits per heavy atom. The summed E-state index contributed by atoms with van der Waals surface area (Å²) in [5, 5.41) is 3.90. The van der Waals surface area contributed by atoms with Crippen LogP contribution in [0.2, 0.25) is 0 Å². The van der Waals surface area contributed by atoms with E-state index in [-0.39, 0.29) is 12.5 Å². The van der Waals surface area contributed by atoms with Gasteiger partial charge in [-0.25, -0.2) is 0 Å². The Labute approximate surface area is 146 Å². The molecule has 1 aromatic rings. The van der Waals surface area contributed by atoms with E-state index < -0.39 is 23.6 Å². The zero-order valence-electron chi connectivity index (χ0n) is 14.7. The number of carbonyl (C=O) groups is 3. The van der Waals surface area contributed by atoms with Crippen LogP contribution in [0.25, 0.3) is 0 Å². The minimum Gasteiger partial charge on any atom is -0.350 e. The number of benzene rings is 1. The number of para-hydroxylation sites is 1. The maximum atomic E-state index is 12.4. The summed E-state index contributed by atoms with van der Waals surface area (Å²) in [6.07, 6.45) is -0.477. The molecule has 8 nitrogen and oxygen atoms in total. The van der Waals surface area contributed by atoms with Crippen molar-refractivity contribution in [3.05, 3.63) is 30.3 Å². The summed E-state index contributed by atoms with van der Waals surface area (Å²) in [5.41, 5.74) is 3.56. The Bertz CT molecular complexity index is 685. The van der Waals surface area contributed by atoms with E-state index in [1.807, 2.05) is 56.0 Å². The number of hydrogen-bond acceptors (Lipinski definition) is 5. The number of nitrogens with one attached hydrogen (secondary N) is 2. The van der Waals surface area contributed by atoms with E-state index in [2.05, 4.69) is 10.7 Å². The third-order valence-electron chi connectivity index (χ3n) is 4.04. The quantitative estimate of drug-likeness (QED) is 0.746. The fraction of sp³-hybridized carbons (Fsp3) is 0.471. The van der Waals surface area contributed by atoms with Crippen molar-refractivity contribution in [2.45, 2.75) is 32.6 Å². The van der Waals surface area contributed by atoms with E-state index in [4.69, 9.17) is 0 Å². The topological polar surface area (TPSA) is 85.0 Å². The lowest BCUT2D eigenvalue weighted by Gasteiger charge is -2.40. The summed E-state index contributed by atoms with van der Waals surface area (Å²) in [4.78, 5) is 40.3. The first-order chi connectivity index (χ1) is 11.8. The monoisotopic (exact) mass is 345 g/mol.